The maximum Gasteiger partial charge on any atom is 0.416 e. The van der Waals surface area contributed by atoms with Crippen molar-refractivity contribution in [1.82, 2.24) is 10.2 Å². The molecule has 1 saturated heterocycles. The fourth-order valence-corrected chi connectivity index (χ4v) is 5.87. The van der Waals surface area contributed by atoms with Crippen molar-refractivity contribution < 1.29 is 27.2 Å². The van der Waals surface area contributed by atoms with E-state index in [9.17, 15) is 27.2 Å². The van der Waals surface area contributed by atoms with Gasteiger partial charge in [0.1, 0.15) is 5.82 Å². The van der Waals surface area contributed by atoms with Crippen molar-refractivity contribution in [2.45, 2.75) is 43.3 Å². The van der Waals surface area contributed by atoms with Gasteiger partial charge >= 0.3 is 6.18 Å². The lowest BCUT2D eigenvalue weighted by atomic mass is 9.83. The minimum Gasteiger partial charge on any atom is -0.352 e. The minimum absolute atomic E-state index is 0.0836. The lowest BCUT2D eigenvalue weighted by molar-refractivity contribution is -0.137. The monoisotopic (exact) mass is 492 g/mol. The average Bonchev–Trinajstić information content (AvgIpc) is 2.81. The van der Waals surface area contributed by atoms with E-state index in [1.54, 1.807) is 30.2 Å². The van der Waals surface area contributed by atoms with E-state index in [2.05, 4.69) is 5.32 Å². The van der Waals surface area contributed by atoms with Gasteiger partial charge < -0.3 is 10.2 Å². The number of benzene rings is 2. The first-order valence-electron chi connectivity index (χ1n) is 11.0. The molecule has 2 amide bonds. The number of nitrogens with zero attached hydrogens (tertiary/aromatic N) is 1. The first kappa shape index (κ1) is 24.3. The predicted octanol–water partition coefficient (Wildman–Crippen LogP) is 5.24. The van der Waals surface area contributed by atoms with Crippen LogP contribution in [0.4, 0.5) is 17.6 Å². The molecule has 1 N–H and O–H groups in total. The van der Waals surface area contributed by atoms with Crippen LogP contribution in [0.2, 0.25) is 0 Å². The highest BCUT2D eigenvalue weighted by Crippen LogP contribution is 2.43. The van der Waals surface area contributed by atoms with E-state index >= 15 is 0 Å². The summed E-state index contributed by atoms with van der Waals surface area (Å²) in [4.78, 5) is 27.8. The van der Waals surface area contributed by atoms with Crippen LogP contribution in [0.25, 0.3) is 6.08 Å². The van der Waals surface area contributed by atoms with Gasteiger partial charge in [-0.25, -0.2) is 4.39 Å². The largest absolute Gasteiger partial charge is 0.416 e. The van der Waals surface area contributed by atoms with Crippen molar-refractivity contribution in [1.29, 1.82) is 0 Å². The third-order valence-electron chi connectivity index (χ3n) is 6.35. The summed E-state index contributed by atoms with van der Waals surface area (Å²) in [5.41, 5.74) is 0.608. The van der Waals surface area contributed by atoms with E-state index in [1.807, 2.05) is 0 Å². The number of thioether (sulfide) groups is 1. The summed E-state index contributed by atoms with van der Waals surface area (Å²) in [7, 11) is 1.71. The molecule has 0 spiro atoms. The van der Waals surface area contributed by atoms with Crippen molar-refractivity contribution in [3.05, 3.63) is 75.9 Å². The summed E-state index contributed by atoms with van der Waals surface area (Å²) in [5.74, 6) is -0.834. The zero-order chi connectivity index (χ0) is 24.5. The van der Waals surface area contributed by atoms with E-state index < -0.39 is 11.7 Å². The Hall–Kier alpha value is -2.81. The predicted molar refractivity (Wildman–Crippen MR) is 123 cm³/mol. The molecule has 34 heavy (non-hydrogen) atoms. The van der Waals surface area contributed by atoms with Crippen LogP contribution in [0.15, 0.2) is 53.4 Å². The maximum absolute atomic E-state index is 13.0. The highest BCUT2D eigenvalue weighted by Gasteiger charge is 2.42. The Bertz CT molecular complexity index is 1080. The van der Waals surface area contributed by atoms with Crippen LogP contribution in [0.3, 0.4) is 0 Å². The van der Waals surface area contributed by atoms with Gasteiger partial charge in [-0.05, 0) is 60.7 Å². The fraction of sp³-hybridized carbons (Fsp3) is 0.360. The molecule has 3 unspecified atom stereocenters. The Labute approximate surface area is 199 Å². The third-order valence-corrected chi connectivity index (χ3v) is 7.75. The number of alkyl halides is 3. The van der Waals surface area contributed by atoms with Gasteiger partial charge in [0.25, 0.3) is 5.91 Å². The number of rotatable bonds is 4. The van der Waals surface area contributed by atoms with Gasteiger partial charge in [-0.1, -0.05) is 24.3 Å². The number of hydrogen-bond donors (Lipinski definition) is 1. The summed E-state index contributed by atoms with van der Waals surface area (Å²) >= 11 is 1.44. The summed E-state index contributed by atoms with van der Waals surface area (Å²) in [6, 6.07) is 10.6. The zero-order valence-corrected chi connectivity index (χ0v) is 19.3. The van der Waals surface area contributed by atoms with E-state index in [-0.39, 0.29) is 34.8 Å². The quantitative estimate of drug-likeness (QED) is 0.469. The molecule has 0 aromatic heterocycles. The number of amides is 2. The van der Waals surface area contributed by atoms with Gasteiger partial charge in [0, 0.05) is 30.8 Å². The SMILES string of the molecule is CN1C(=O)/C(=C/c2ccc(C(F)(F)F)cc2)SC2CCC(C(=O)NCc3ccc(F)cc3)CC21. The molecule has 3 atom stereocenters. The normalized spacial score (nSPS) is 24.1. The first-order chi connectivity index (χ1) is 16.1. The molecule has 1 aliphatic heterocycles. The Kier molecular flexibility index (Phi) is 7.02. The van der Waals surface area contributed by atoms with Crippen LogP contribution in [0.5, 0.6) is 0 Å². The van der Waals surface area contributed by atoms with Crippen LogP contribution in [-0.2, 0) is 22.3 Å². The molecule has 180 valence electrons. The van der Waals surface area contributed by atoms with Crippen LogP contribution in [0, 0.1) is 11.7 Å². The van der Waals surface area contributed by atoms with Gasteiger partial charge in [0.2, 0.25) is 5.91 Å². The summed E-state index contributed by atoms with van der Waals surface area (Å²) in [6.45, 7) is 0.313. The molecular weight excluding hydrogens is 468 g/mol. The second kappa shape index (κ2) is 9.82. The lowest BCUT2D eigenvalue weighted by Gasteiger charge is -2.44. The minimum atomic E-state index is -4.40. The number of carbonyl (C=O) groups excluding carboxylic acids is 2. The molecule has 4 rings (SSSR count). The van der Waals surface area contributed by atoms with Gasteiger partial charge in [-0.2, -0.15) is 13.2 Å². The smallest absolute Gasteiger partial charge is 0.352 e. The molecular formula is C25H24F4N2O2S. The maximum atomic E-state index is 13.0. The van der Waals surface area contributed by atoms with Gasteiger partial charge in [0.05, 0.1) is 10.5 Å². The van der Waals surface area contributed by atoms with Crippen LogP contribution in [-0.4, -0.2) is 35.1 Å². The summed E-state index contributed by atoms with van der Waals surface area (Å²) in [5, 5.41) is 3.02. The van der Waals surface area contributed by atoms with Crippen molar-refractivity contribution in [3.63, 3.8) is 0 Å². The Morgan fingerprint density at radius 3 is 2.44 bits per heavy atom. The topological polar surface area (TPSA) is 49.4 Å². The van der Waals surface area contributed by atoms with Crippen molar-refractivity contribution in [3.8, 4) is 0 Å². The van der Waals surface area contributed by atoms with Gasteiger partial charge in [-0.15, -0.1) is 11.8 Å². The molecule has 1 aliphatic carbocycles. The van der Waals surface area contributed by atoms with Gasteiger partial charge in [0.15, 0.2) is 0 Å². The molecule has 2 aromatic carbocycles. The number of fused-ring (bicyclic) bond motifs is 1. The number of carbonyl (C=O) groups is 2. The molecule has 4 nitrogen and oxygen atoms in total. The van der Waals surface area contributed by atoms with Gasteiger partial charge in [-0.3, -0.25) is 9.59 Å². The van der Waals surface area contributed by atoms with Crippen LogP contribution in [0.1, 0.15) is 36.0 Å². The second-order valence-electron chi connectivity index (χ2n) is 8.62. The van der Waals surface area contributed by atoms with Crippen molar-refractivity contribution in [2.24, 2.45) is 5.92 Å². The number of hydrogen-bond acceptors (Lipinski definition) is 3. The van der Waals surface area contributed by atoms with Crippen molar-refractivity contribution >= 4 is 29.7 Å². The fourth-order valence-electron chi connectivity index (χ4n) is 4.39. The first-order valence-corrected chi connectivity index (χ1v) is 11.8. The van der Waals surface area contributed by atoms with E-state index in [4.69, 9.17) is 0 Å². The number of nitrogens with one attached hydrogen (secondary N) is 1. The van der Waals surface area contributed by atoms with E-state index in [1.165, 1.54) is 36.0 Å². The number of likely N-dealkylation sites (N-methyl/N-ethyl adjacent to an activating group) is 1. The highest BCUT2D eigenvalue weighted by molar-refractivity contribution is 8.04. The Balaban J connectivity index is 1.38. The Morgan fingerprint density at radius 1 is 1.12 bits per heavy atom. The summed E-state index contributed by atoms with van der Waals surface area (Å²) in [6.07, 6.45) is -0.812. The molecule has 1 heterocycles. The van der Waals surface area contributed by atoms with E-state index in [0.717, 1.165) is 24.1 Å². The lowest BCUT2D eigenvalue weighted by Crippen LogP contribution is -2.52. The zero-order valence-electron chi connectivity index (χ0n) is 18.4. The molecule has 1 saturated carbocycles. The molecule has 9 heteroatoms. The van der Waals surface area contributed by atoms with Crippen molar-refractivity contribution in [2.75, 3.05) is 7.05 Å². The molecule has 0 bridgehead atoms. The Morgan fingerprint density at radius 2 is 1.79 bits per heavy atom. The third kappa shape index (κ3) is 5.46. The average molecular weight is 493 g/mol. The van der Waals surface area contributed by atoms with Crippen LogP contribution >= 0.6 is 11.8 Å². The molecule has 2 fully saturated rings. The molecule has 2 aliphatic rings. The van der Waals surface area contributed by atoms with Crippen LogP contribution < -0.4 is 5.32 Å². The summed E-state index contributed by atoms with van der Waals surface area (Å²) < 4.78 is 51.4. The second-order valence-corrected chi connectivity index (χ2v) is 9.90. The standard InChI is InChI=1S/C25H24F4N2O2S/c1-31-20-13-17(23(32)30-14-16-4-9-19(26)10-5-16)6-11-21(20)34-22(24(31)33)12-15-2-7-18(8-3-15)25(27,28)29/h2-5,7-10,12,17,20-21H,6,11,13-14H2,1H3,(H,30,32)/b22-12-. The number of halogens is 4. The molecule has 2 aromatic rings. The molecule has 0 radical (unpaired) electrons. The van der Waals surface area contributed by atoms with E-state index in [0.29, 0.717) is 29.9 Å². The highest BCUT2D eigenvalue weighted by atomic mass is 32.2.